The third-order valence-electron chi connectivity index (χ3n) is 3.27. The predicted octanol–water partition coefficient (Wildman–Crippen LogP) is 0.448. The highest BCUT2D eigenvalue weighted by Crippen LogP contribution is 2.09. The maximum Gasteiger partial charge on any atom is 0.228 e. The molecule has 1 aliphatic rings. The van der Waals surface area contributed by atoms with Crippen molar-refractivity contribution in [3.63, 3.8) is 0 Å². The minimum Gasteiger partial charge on any atom is -0.340 e. The Balaban J connectivity index is 1.75. The van der Waals surface area contributed by atoms with Crippen LogP contribution in [0.25, 0.3) is 5.65 Å². The molecule has 0 atom stereocenters. The maximum atomic E-state index is 13.1. The van der Waals surface area contributed by atoms with E-state index in [0.29, 0.717) is 11.3 Å². The Hall–Kier alpha value is -1.95. The molecule has 0 radical (unpaired) electrons. The van der Waals surface area contributed by atoms with Crippen LogP contribution in [0.5, 0.6) is 0 Å². The van der Waals surface area contributed by atoms with Gasteiger partial charge in [-0.05, 0) is 12.1 Å². The molecule has 3 rings (SSSR count). The quantitative estimate of drug-likeness (QED) is 0.855. The van der Waals surface area contributed by atoms with Crippen LogP contribution in [0, 0.1) is 5.82 Å². The Morgan fingerprint density at radius 1 is 1.32 bits per heavy atom. The van der Waals surface area contributed by atoms with Gasteiger partial charge in [0.25, 0.3) is 0 Å². The van der Waals surface area contributed by atoms with E-state index >= 15 is 0 Å². The van der Waals surface area contributed by atoms with Crippen molar-refractivity contribution in [2.24, 2.45) is 0 Å². The number of amides is 1. The lowest BCUT2D eigenvalue weighted by Gasteiger charge is -2.27. The molecule has 2 aromatic rings. The van der Waals surface area contributed by atoms with Gasteiger partial charge in [0.2, 0.25) is 5.91 Å². The van der Waals surface area contributed by atoms with E-state index in [2.05, 4.69) is 10.3 Å². The Kier molecular flexibility index (Phi) is 3.16. The van der Waals surface area contributed by atoms with Crippen LogP contribution in [0.1, 0.15) is 5.69 Å². The van der Waals surface area contributed by atoms with Crippen molar-refractivity contribution >= 4 is 11.6 Å². The summed E-state index contributed by atoms with van der Waals surface area (Å²) in [5.41, 5.74) is 1.33. The highest BCUT2D eigenvalue weighted by molar-refractivity contribution is 5.78. The fourth-order valence-electron chi connectivity index (χ4n) is 2.28. The summed E-state index contributed by atoms with van der Waals surface area (Å²) in [6.07, 6.45) is 3.34. The van der Waals surface area contributed by atoms with Gasteiger partial charge in [-0.1, -0.05) is 0 Å². The molecule has 0 unspecified atom stereocenters. The van der Waals surface area contributed by atoms with Crippen molar-refractivity contribution in [2.75, 3.05) is 26.2 Å². The first-order valence-corrected chi connectivity index (χ1v) is 6.34. The monoisotopic (exact) mass is 262 g/mol. The smallest absolute Gasteiger partial charge is 0.228 e. The van der Waals surface area contributed by atoms with Gasteiger partial charge in [-0.15, -0.1) is 0 Å². The van der Waals surface area contributed by atoms with Gasteiger partial charge in [0.1, 0.15) is 11.5 Å². The molecule has 0 aliphatic carbocycles. The van der Waals surface area contributed by atoms with Gasteiger partial charge in [0, 0.05) is 38.6 Å². The van der Waals surface area contributed by atoms with Crippen molar-refractivity contribution in [1.29, 1.82) is 0 Å². The number of fused-ring (bicyclic) bond motifs is 1. The van der Waals surface area contributed by atoms with Crippen LogP contribution < -0.4 is 5.32 Å². The molecule has 3 heterocycles. The summed E-state index contributed by atoms with van der Waals surface area (Å²) < 4.78 is 14.7. The molecule has 1 fully saturated rings. The van der Waals surface area contributed by atoms with E-state index in [4.69, 9.17) is 0 Å². The molecule has 0 bridgehead atoms. The molecule has 100 valence electrons. The van der Waals surface area contributed by atoms with Crippen molar-refractivity contribution in [1.82, 2.24) is 19.6 Å². The fourth-order valence-corrected chi connectivity index (χ4v) is 2.28. The molecule has 1 aliphatic heterocycles. The van der Waals surface area contributed by atoms with E-state index in [0.717, 1.165) is 26.2 Å². The number of nitrogens with one attached hydrogen (secondary N) is 1. The van der Waals surface area contributed by atoms with Crippen LogP contribution >= 0.6 is 0 Å². The zero-order valence-corrected chi connectivity index (χ0v) is 10.5. The summed E-state index contributed by atoms with van der Waals surface area (Å²) in [7, 11) is 0. The van der Waals surface area contributed by atoms with Crippen molar-refractivity contribution in [2.45, 2.75) is 6.42 Å². The summed E-state index contributed by atoms with van der Waals surface area (Å²) in [6, 6.07) is 2.97. The largest absolute Gasteiger partial charge is 0.340 e. The Morgan fingerprint density at radius 3 is 2.89 bits per heavy atom. The van der Waals surface area contributed by atoms with Crippen LogP contribution in [0.2, 0.25) is 0 Å². The Bertz CT molecular complexity index is 604. The number of imidazole rings is 1. The van der Waals surface area contributed by atoms with Crippen molar-refractivity contribution in [3.05, 3.63) is 36.0 Å². The molecule has 1 saturated heterocycles. The zero-order chi connectivity index (χ0) is 13.2. The second kappa shape index (κ2) is 4.97. The number of carbonyl (C=O) groups excluding carboxylic acids is 1. The van der Waals surface area contributed by atoms with E-state index in [1.54, 1.807) is 16.7 Å². The van der Waals surface area contributed by atoms with Gasteiger partial charge in [-0.3, -0.25) is 4.79 Å². The molecule has 6 heteroatoms. The van der Waals surface area contributed by atoms with E-state index < -0.39 is 0 Å². The molecular weight excluding hydrogens is 247 g/mol. The average molecular weight is 262 g/mol. The number of hydrogen-bond donors (Lipinski definition) is 1. The summed E-state index contributed by atoms with van der Waals surface area (Å²) in [4.78, 5) is 18.2. The Labute approximate surface area is 110 Å². The first-order valence-electron chi connectivity index (χ1n) is 6.34. The molecule has 0 aromatic carbocycles. The van der Waals surface area contributed by atoms with E-state index in [9.17, 15) is 9.18 Å². The molecule has 1 N–H and O–H groups in total. The first kappa shape index (κ1) is 12.1. The Morgan fingerprint density at radius 2 is 2.11 bits per heavy atom. The number of aromatic nitrogens is 2. The second-order valence-electron chi connectivity index (χ2n) is 4.65. The van der Waals surface area contributed by atoms with E-state index in [1.165, 1.54) is 12.3 Å². The fraction of sp³-hybridized carbons (Fsp3) is 0.385. The second-order valence-corrected chi connectivity index (χ2v) is 4.65. The van der Waals surface area contributed by atoms with Crippen LogP contribution in [-0.4, -0.2) is 46.4 Å². The van der Waals surface area contributed by atoms with Crippen molar-refractivity contribution in [3.8, 4) is 0 Å². The zero-order valence-electron chi connectivity index (χ0n) is 10.5. The highest BCUT2D eigenvalue weighted by Gasteiger charge is 2.17. The highest BCUT2D eigenvalue weighted by atomic mass is 19.1. The normalized spacial score (nSPS) is 15.9. The first-order chi connectivity index (χ1) is 9.22. The summed E-state index contributed by atoms with van der Waals surface area (Å²) in [5.74, 6) is -0.241. The van der Waals surface area contributed by atoms with Gasteiger partial charge in [0.05, 0.1) is 12.1 Å². The molecule has 5 nitrogen and oxygen atoms in total. The summed E-state index contributed by atoms with van der Waals surface area (Å²) in [6.45, 7) is 3.14. The van der Waals surface area contributed by atoms with Crippen LogP contribution in [0.4, 0.5) is 4.39 Å². The van der Waals surface area contributed by atoms with E-state index in [-0.39, 0.29) is 18.1 Å². The average Bonchev–Trinajstić information content (AvgIpc) is 2.81. The number of piperazine rings is 1. The minimum atomic E-state index is -0.315. The number of hydrogen-bond acceptors (Lipinski definition) is 3. The molecule has 0 spiro atoms. The minimum absolute atomic E-state index is 0.0744. The molecule has 19 heavy (non-hydrogen) atoms. The number of carbonyl (C=O) groups is 1. The summed E-state index contributed by atoms with van der Waals surface area (Å²) in [5, 5.41) is 3.21. The van der Waals surface area contributed by atoms with Gasteiger partial charge in [0.15, 0.2) is 0 Å². The maximum absolute atomic E-state index is 13.1. The van der Waals surface area contributed by atoms with E-state index in [1.807, 2.05) is 4.90 Å². The number of pyridine rings is 1. The lowest BCUT2D eigenvalue weighted by molar-refractivity contribution is -0.131. The van der Waals surface area contributed by atoms with Gasteiger partial charge in [-0.2, -0.15) is 0 Å². The van der Waals surface area contributed by atoms with Gasteiger partial charge in [-0.25, -0.2) is 9.37 Å². The van der Waals surface area contributed by atoms with Crippen LogP contribution in [0.3, 0.4) is 0 Å². The number of rotatable bonds is 2. The SMILES string of the molecule is O=C(Cc1cn2cc(F)ccc2n1)N1CCNCC1. The molecule has 1 amide bonds. The molecule has 0 saturated carbocycles. The third-order valence-corrected chi connectivity index (χ3v) is 3.27. The number of nitrogens with zero attached hydrogens (tertiary/aromatic N) is 3. The molecular formula is C13H15FN4O. The predicted molar refractivity (Wildman–Crippen MR) is 68.3 cm³/mol. The lowest BCUT2D eigenvalue weighted by atomic mass is 10.2. The van der Waals surface area contributed by atoms with Crippen LogP contribution in [0.15, 0.2) is 24.5 Å². The third kappa shape index (κ3) is 2.58. The van der Waals surface area contributed by atoms with Gasteiger partial charge >= 0.3 is 0 Å². The standard InChI is InChI=1S/C13H15FN4O/c14-10-1-2-12-16-11(9-18(12)8-10)7-13(19)17-5-3-15-4-6-17/h1-2,8-9,15H,3-7H2. The topological polar surface area (TPSA) is 49.6 Å². The molecule has 2 aromatic heterocycles. The van der Waals surface area contributed by atoms with Gasteiger partial charge < -0.3 is 14.6 Å². The van der Waals surface area contributed by atoms with Crippen molar-refractivity contribution < 1.29 is 9.18 Å². The number of halogens is 1. The summed E-state index contributed by atoms with van der Waals surface area (Å²) >= 11 is 0. The lowest BCUT2D eigenvalue weighted by Crippen LogP contribution is -2.46. The van der Waals surface area contributed by atoms with Crippen LogP contribution in [-0.2, 0) is 11.2 Å².